The largest absolute Gasteiger partial charge is 0.497 e. The van der Waals surface area contributed by atoms with Gasteiger partial charge in [-0.3, -0.25) is 4.90 Å². The van der Waals surface area contributed by atoms with Crippen molar-refractivity contribution in [1.82, 2.24) is 15.1 Å². The minimum Gasteiger partial charge on any atom is -0.497 e. The second-order valence-electron chi connectivity index (χ2n) is 7.65. The first-order valence-electron chi connectivity index (χ1n) is 10.3. The number of piperazine rings is 1. The molecule has 0 aliphatic carbocycles. The summed E-state index contributed by atoms with van der Waals surface area (Å²) in [5.74, 6) is 1.46. The molecule has 1 heterocycles. The number of anilines is 1. The van der Waals surface area contributed by atoms with Crippen molar-refractivity contribution in [3.05, 3.63) is 54.1 Å². The van der Waals surface area contributed by atoms with Crippen LogP contribution in [-0.4, -0.2) is 68.4 Å². The first-order chi connectivity index (χ1) is 14.5. The van der Waals surface area contributed by atoms with E-state index in [0.717, 1.165) is 37.6 Å². The molecule has 2 N–H and O–H groups in total. The van der Waals surface area contributed by atoms with Gasteiger partial charge < -0.3 is 25.0 Å². The average molecular weight is 429 g/mol. The van der Waals surface area contributed by atoms with E-state index in [1.807, 2.05) is 18.2 Å². The van der Waals surface area contributed by atoms with Gasteiger partial charge in [0.05, 0.1) is 25.9 Å². The number of benzene rings is 2. The third-order valence-electron chi connectivity index (χ3n) is 5.56. The van der Waals surface area contributed by atoms with Gasteiger partial charge in [-0.15, -0.1) is 0 Å². The Balaban J connectivity index is 1.74. The molecule has 2 aromatic carbocycles. The SMILES string of the molecule is COc1ccc(OC)c(NC(=S)N[C@H](C)[C@H](c2ccccc2)N2CCN(C)CC2)c1. The number of nitrogens with zero attached hydrogens (tertiary/aromatic N) is 2. The van der Waals surface area contributed by atoms with Crippen LogP contribution in [0, 0.1) is 0 Å². The molecule has 1 aliphatic heterocycles. The van der Waals surface area contributed by atoms with Crippen molar-refractivity contribution in [2.75, 3.05) is 52.8 Å². The molecule has 2 aromatic rings. The summed E-state index contributed by atoms with van der Waals surface area (Å²) in [7, 11) is 5.47. The fraction of sp³-hybridized carbons (Fsp3) is 0.435. The van der Waals surface area contributed by atoms with Crippen LogP contribution in [0.2, 0.25) is 0 Å². The molecule has 1 fully saturated rings. The van der Waals surface area contributed by atoms with Gasteiger partial charge in [-0.05, 0) is 43.9 Å². The number of ether oxygens (including phenoxy) is 2. The van der Waals surface area contributed by atoms with Crippen molar-refractivity contribution in [3.8, 4) is 11.5 Å². The number of methoxy groups -OCH3 is 2. The van der Waals surface area contributed by atoms with E-state index in [1.54, 1.807) is 14.2 Å². The fourth-order valence-electron chi connectivity index (χ4n) is 3.92. The van der Waals surface area contributed by atoms with Crippen LogP contribution in [0.3, 0.4) is 0 Å². The molecule has 0 spiro atoms. The van der Waals surface area contributed by atoms with Crippen LogP contribution in [0.5, 0.6) is 11.5 Å². The molecular weight excluding hydrogens is 396 g/mol. The number of hydrogen-bond donors (Lipinski definition) is 2. The molecule has 0 bridgehead atoms. The Bertz CT molecular complexity index is 825. The van der Waals surface area contributed by atoms with Crippen LogP contribution in [0.15, 0.2) is 48.5 Å². The molecule has 0 saturated carbocycles. The molecule has 1 saturated heterocycles. The summed E-state index contributed by atoms with van der Waals surface area (Å²) in [4.78, 5) is 4.92. The third kappa shape index (κ3) is 5.62. The van der Waals surface area contributed by atoms with Crippen molar-refractivity contribution in [3.63, 3.8) is 0 Å². The molecule has 1 aliphatic rings. The third-order valence-corrected chi connectivity index (χ3v) is 5.78. The Labute approximate surface area is 185 Å². The van der Waals surface area contributed by atoms with Gasteiger partial charge >= 0.3 is 0 Å². The van der Waals surface area contributed by atoms with Gasteiger partial charge in [0.2, 0.25) is 0 Å². The topological polar surface area (TPSA) is 49.0 Å². The maximum absolute atomic E-state index is 5.64. The minimum absolute atomic E-state index is 0.118. The molecule has 0 radical (unpaired) electrons. The molecule has 7 heteroatoms. The summed E-state index contributed by atoms with van der Waals surface area (Å²) in [6, 6.07) is 16.6. The second-order valence-corrected chi connectivity index (χ2v) is 8.06. The van der Waals surface area contributed by atoms with Crippen LogP contribution >= 0.6 is 12.2 Å². The highest BCUT2D eigenvalue weighted by molar-refractivity contribution is 7.80. The molecule has 0 unspecified atom stereocenters. The first-order valence-corrected chi connectivity index (χ1v) is 10.7. The van der Waals surface area contributed by atoms with E-state index in [2.05, 4.69) is 64.7 Å². The summed E-state index contributed by atoms with van der Waals surface area (Å²) >= 11 is 5.64. The Hall–Kier alpha value is -2.35. The Kier molecular flexibility index (Phi) is 7.90. The van der Waals surface area contributed by atoms with E-state index in [0.29, 0.717) is 10.9 Å². The minimum atomic E-state index is 0.118. The highest BCUT2D eigenvalue weighted by Crippen LogP contribution is 2.29. The van der Waals surface area contributed by atoms with E-state index < -0.39 is 0 Å². The molecule has 2 atom stereocenters. The van der Waals surface area contributed by atoms with Gasteiger partial charge in [0.1, 0.15) is 11.5 Å². The van der Waals surface area contributed by atoms with E-state index in [4.69, 9.17) is 21.7 Å². The van der Waals surface area contributed by atoms with E-state index in [9.17, 15) is 0 Å². The van der Waals surface area contributed by atoms with Gasteiger partial charge in [-0.1, -0.05) is 30.3 Å². The monoisotopic (exact) mass is 428 g/mol. The lowest BCUT2D eigenvalue weighted by Gasteiger charge is -2.41. The van der Waals surface area contributed by atoms with E-state index >= 15 is 0 Å². The number of likely N-dealkylation sites (N-methyl/N-ethyl adjacent to an activating group) is 1. The number of hydrogen-bond acceptors (Lipinski definition) is 5. The zero-order valence-corrected chi connectivity index (χ0v) is 19.0. The Morgan fingerprint density at radius 1 is 1.00 bits per heavy atom. The van der Waals surface area contributed by atoms with Crippen molar-refractivity contribution < 1.29 is 9.47 Å². The number of rotatable bonds is 7. The van der Waals surface area contributed by atoms with Crippen LogP contribution in [0.25, 0.3) is 0 Å². The lowest BCUT2D eigenvalue weighted by Crippen LogP contribution is -2.52. The number of nitrogens with one attached hydrogen (secondary N) is 2. The van der Waals surface area contributed by atoms with Crippen LogP contribution in [-0.2, 0) is 0 Å². The second kappa shape index (κ2) is 10.6. The molecule has 0 aromatic heterocycles. The Morgan fingerprint density at radius 3 is 2.33 bits per heavy atom. The molecule has 3 rings (SSSR count). The van der Waals surface area contributed by atoms with Crippen molar-refractivity contribution in [2.45, 2.75) is 19.0 Å². The maximum Gasteiger partial charge on any atom is 0.171 e. The van der Waals surface area contributed by atoms with Crippen LogP contribution in [0.4, 0.5) is 5.69 Å². The Morgan fingerprint density at radius 2 is 1.70 bits per heavy atom. The van der Waals surface area contributed by atoms with Gasteiger partial charge in [0.25, 0.3) is 0 Å². The predicted molar refractivity (Wildman–Crippen MR) is 127 cm³/mol. The van der Waals surface area contributed by atoms with Crippen molar-refractivity contribution in [1.29, 1.82) is 0 Å². The first kappa shape index (κ1) is 22.3. The van der Waals surface area contributed by atoms with Gasteiger partial charge in [-0.2, -0.15) is 0 Å². The highest BCUT2D eigenvalue weighted by atomic mass is 32.1. The van der Waals surface area contributed by atoms with E-state index in [-0.39, 0.29) is 12.1 Å². The van der Waals surface area contributed by atoms with Crippen LogP contribution < -0.4 is 20.1 Å². The van der Waals surface area contributed by atoms with Crippen LogP contribution in [0.1, 0.15) is 18.5 Å². The summed E-state index contributed by atoms with van der Waals surface area (Å²) in [6.07, 6.45) is 0. The average Bonchev–Trinajstić information content (AvgIpc) is 2.76. The molecular formula is C23H32N4O2S. The maximum atomic E-state index is 5.64. The van der Waals surface area contributed by atoms with Gasteiger partial charge in [0.15, 0.2) is 5.11 Å². The lowest BCUT2D eigenvalue weighted by atomic mass is 9.98. The standard InChI is InChI=1S/C23H32N4O2S/c1-17(24-23(30)25-20-16-19(28-3)10-11-21(20)29-4)22(18-8-6-5-7-9-18)27-14-12-26(2)13-15-27/h5-11,16-17,22H,12-15H2,1-4H3,(H2,24,25,30)/t17-,22-/m1/s1. The van der Waals surface area contributed by atoms with Gasteiger partial charge in [-0.25, -0.2) is 0 Å². The predicted octanol–water partition coefficient (Wildman–Crippen LogP) is 3.37. The summed E-state index contributed by atoms with van der Waals surface area (Å²) in [5.41, 5.74) is 2.07. The fourth-order valence-corrected chi connectivity index (χ4v) is 4.22. The van der Waals surface area contributed by atoms with Crippen molar-refractivity contribution >= 4 is 23.0 Å². The molecule has 0 amide bonds. The van der Waals surface area contributed by atoms with E-state index in [1.165, 1.54) is 5.56 Å². The number of thiocarbonyl (C=S) groups is 1. The summed E-state index contributed by atoms with van der Waals surface area (Å²) in [6.45, 7) is 6.39. The summed E-state index contributed by atoms with van der Waals surface area (Å²) < 4.78 is 10.8. The smallest absolute Gasteiger partial charge is 0.171 e. The van der Waals surface area contributed by atoms with Gasteiger partial charge in [0, 0.05) is 38.3 Å². The van der Waals surface area contributed by atoms with Crippen molar-refractivity contribution in [2.24, 2.45) is 0 Å². The zero-order chi connectivity index (χ0) is 21.5. The quantitative estimate of drug-likeness (QED) is 0.656. The highest BCUT2D eigenvalue weighted by Gasteiger charge is 2.29. The molecule has 30 heavy (non-hydrogen) atoms. The summed E-state index contributed by atoms with van der Waals surface area (Å²) in [5, 5.41) is 7.32. The molecule has 6 nitrogen and oxygen atoms in total. The molecule has 162 valence electrons. The zero-order valence-electron chi connectivity index (χ0n) is 18.2. The normalized spacial score (nSPS) is 17.1. The lowest BCUT2D eigenvalue weighted by molar-refractivity contribution is 0.0973.